The van der Waals surface area contributed by atoms with Gasteiger partial charge in [-0.2, -0.15) is 0 Å². The Morgan fingerprint density at radius 2 is 1.93 bits per heavy atom. The summed E-state index contributed by atoms with van der Waals surface area (Å²) in [5.41, 5.74) is 4.35. The van der Waals surface area contributed by atoms with Crippen molar-refractivity contribution in [3.8, 4) is 0 Å². The number of pyridine rings is 1. The highest BCUT2D eigenvalue weighted by molar-refractivity contribution is 5.72. The molecule has 4 aromatic rings. The van der Waals surface area contributed by atoms with E-state index in [1.165, 1.54) is 0 Å². The molecule has 1 saturated heterocycles. The summed E-state index contributed by atoms with van der Waals surface area (Å²) >= 11 is 0. The third-order valence-electron chi connectivity index (χ3n) is 5.57. The number of aromatic nitrogens is 3. The van der Waals surface area contributed by atoms with Crippen LogP contribution in [0, 0.1) is 6.92 Å². The number of likely N-dealkylation sites (tertiary alicyclic amines) is 1. The number of para-hydroxylation sites is 2. The van der Waals surface area contributed by atoms with Crippen molar-refractivity contribution in [1.29, 1.82) is 0 Å². The lowest BCUT2D eigenvalue weighted by Crippen LogP contribution is -2.33. The molecule has 1 aromatic carbocycles. The van der Waals surface area contributed by atoms with E-state index in [2.05, 4.69) is 9.88 Å². The lowest BCUT2D eigenvalue weighted by molar-refractivity contribution is 0.192. The van der Waals surface area contributed by atoms with Crippen molar-refractivity contribution in [3.63, 3.8) is 0 Å². The summed E-state index contributed by atoms with van der Waals surface area (Å²) in [6.07, 6.45) is 3.77. The van der Waals surface area contributed by atoms with Crippen LogP contribution in [0.4, 0.5) is 0 Å². The van der Waals surface area contributed by atoms with Gasteiger partial charge in [0.1, 0.15) is 11.2 Å². The fourth-order valence-electron chi connectivity index (χ4n) is 4.02. The summed E-state index contributed by atoms with van der Waals surface area (Å²) in [5.74, 6) is 1.19. The largest absolute Gasteiger partial charge is 0.440 e. The third-order valence-corrected chi connectivity index (χ3v) is 5.57. The standard InChI is InChI=1S/C22H22N4O2/c1-15-5-4-10-26-20(27)13-17(23-21(15)26)14-25-11-8-16(9-12-25)22-24-18-6-2-3-7-19(18)28-22/h2-7,10,13,16H,8-9,11-12,14H2,1H3. The number of rotatable bonds is 3. The van der Waals surface area contributed by atoms with Crippen LogP contribution in [-0.4, -0.2) is 32.4 Å². The number of oxazole rings is 1. The van der Waals surface area contributed by atoms with Gasteiger partial charge in [-0.1, -0.05) is 18.2 Å². The second kappa shape index (κ2) is 6.87. The van der Waals surface area contributed by atoms with Crippen LogP contribution in [0.5, 0.6) is 0 Å². The maximum absolute atomic E-state index is 12.4. The number of hydrogen-bond acceptors (Lipinski definition) is 5. The van der Waals surface area contributed by atoms with Gasteiger partial charge < -0.3 is 4.42 Å². The molecule has 5 rings (SSSR count). The lowest BCUT2D eigenvalue weighted by atomic mass is 9.96. The molecule has 4 heterocycles. The predicted octanol–water partition coefficient (Wildman–Crippen LogP) is 3.52. The summed E-state index contributed by atoms with van der Waals surface area (Å²) in [6.45, 7) is 4.56. The fourth-order valence-corrected chi connectivity index (χ4v) is 4.02. The topological polar surface area (TPSA) is 63.6 Å². The van der Waals surface area contributed by atoms with E-state index in [4.69, 9.17) is 9.40 Å². The third kappa shape index (κ3) is 3.10. The van der Waals surface area contributed by atoms with Gasteiger partial charge in [0, 0.05) is 24.7 Å². The first kappa shape index (κ1) is 17.1. The number of nitrogens with zero attached hydrogens (tertiary/aromatic N) is 4. The first-order chi connectivity index (χ1) is 13.7. The minimum atomic E-state index is -0.0231. The first-order valence-corrected chi connectivity index (χ1v) is 9.73. The molecule has 0 radical (unpaired) electrons. The summed E-state index contributed by atoms with van der Waals surface area (Å²) in [5, 5.41) is 0. The quantitative estimate of drug-likeness (QED) is 0.549. The zero-order chi connectivity index (χ0) is 19.1. The van der Waals surface area contributed by atoms with E-state index in [1.54, 1.807) is 16.7 Å². The molecular weight excluding hydrogens is 352 g/mol. The monoisotopic (exact) mass is 374 g/mol. The lowest BCUT2D eigenvalue weighted by Gasteiger charge is -2.30. The van der Waals surface area contributed by atoms with Gasteiger partial charge in [-0.3, -0.25) is 14.1 Å². The molecule has 0 bridgehead atoms. The molecule has 6 heteroatoms. The molecule has 6 nitrogen and oxygen atoms in total. The van der Waals surface area contributed by atoms with Crippen molar-refractivity contribution in [3.05, 3.63) is 76.2 Å². The molecule has 0 N–H and O–H groups in total. The van der Waals surface area contributed by atoms with Crippen molar-refractivity contribution in [1.82, 2.24) is 19.3 Å². The zero-order valence-electron chi connectivity index (χ0n) is 15.8. The van der Waals surface area contributed by atoms with Crippen LogP contribution >= 0.6 is 0 Å². The molecule has 0 saturated carbocycles. The molecule has 0 unspecified atom stereocenters. The molecule has 1 aliphatic heterocycles. The Morgan fingerprint density at radius 1 is 1.11 bits per heavy atom. The summed E-state index contributed by atoms with van der Waals surface area (Å²) in [6, 6.07) is 13.4. The van der Waals surface area contributed by atoms with Gasteiger partial charge in [0.25, 0.3) is 5.56 Å². The number of hydrogen-bond donors (Lipinski definition) is 0. The Kier molecular flexibility index (Phi) is 4.20. The van der Waals surface area contributed by atoms with E-state index >= 15 is 0 Å². The van der Waals surface area contributed by atoms with Crippen molar-refractivity contribution in [2.45, 2.75) is 32.2 Å². The van der Waals surface area contributed by atoms with Crippen molar-refractivity contribution < 1.29 is 4.42 Å². The maximum atomic E-state index is 12.4. The molecule has 0 amide bonds. The number of piperidine rings is 1. The number of aryl methyl sites for hydroxylation is 1. The molecule has 3 aromatic heterocycles. The molecule has 0 aliphatic carbocycles. The van der Waals surface area contributed by atoms with Gasteiger partial charge in [0.2, 0.25) is 0 Å². The van der Waals surface area contributed by atoms with E-state index in [9.17, 15) is 4.79 Å². The maximum Gasteiger partial charge on any atom is 0.258 e. The normalized spacial score (nSPS) is 16.2. The summed E-state index contributed by atoms with van der Waals surface area (Å²) < 4.78 is 7.56. The van der Waals surface area contributed by atoms with Gasteiger partial charge in [-0.05, 0) is 56.6 Å². The summed E-state index contributed by atoms with van der Waals surface area (Å²) in [7, 11) is 0. The Hall–Kier alpha value is -2.99. The highest BCUT2D eigenvalue weighted by Crippen LogP contribution is 2.30. The van der Waals surface area contributed by atoms with Crippen LogP contribution in [0.15, 0.2) is 57.9 Å². The van der Waals surface area contributed by atoms with E-state index in [0.29, 0.717) is 12.5 Å². The molecule has 0 atom stereocenters. The Morgan fingerprint density at radius 3 is 2.75 bits per heavy atom. The SMILES string of the molecule is Cc1cccn2c(=O)cc(CN3CCC(c4nc5ccccc5o4)CC3)nc12. The number of benzene rings is 1. The van der Waals surface area contributed by atoms with Crippen LogP contribution in [0.1, 0.15) is 35.9 Å². The Bertz CT molecular complexity index is 1170. The van der Waals surface area contributed by atoms with Crippen LogP contribution in [0.2, 0.25) is 0 Å². The zero-order valence-corrected chi connectivity index (χ0v) is 15.8. The van der Waals surface area contributed by atoms with Gasteiger partial charge >= 0.3 is 0 Å². The highest BCUT2D eigenvalue weighted by Gasteiger charge is 2.25. The van der Waals surface area contributed by atoms with Crippen molar-refractivity contribution >= 4 is 16.7 Å². The van der Waals surface area contributed by atoms with Crippen LogP contribution < -0.4 is 5.56 Å². The minimum Gasteiger partial charge on any atom is -0.440 e. The molecule has 1 fully saturated rings. The minimum absolute atomic E-state index is 0.0231. The van der Waals surface area contributed by atoms with Crippen LogP contribution in [0.3, 0.4) is 0 Å². The average molecular weight is 374 g/mol. The van der Waals surface area contributed by atoms with E-state index in [-0.39, 0.29) is 5.56 Å². The summed E-state index contributed by atoms with van der Waals surface area (Å²) in [4.78, 5) is 24.1. The van der Waals surface area contributed by atoms with Crippen LogP contribution in [-0.2, 0) is 6.54 Å². The van der Waals surface area contributed by atoms with Gasteiger partial charge in [-0.15, -0.1) is 0 Å². The number of fused-ring (bicyclic) bond motifs is 2. The van der Waals surface area contributed by atoms with E-state index in [1.807, 2.05) is 43.3 Å². The molecule has 28 heavy (non-hydrogen) atoms. The van der Waals surface area contributed by atoms with Crippen molar-refractivity contribution in [2.75, 3.05) is 13.1 Å². The van der Waals surface area contributed by atoms with Gasteiger partial charge in [-0.25, -0.2) is 9.97 Å². The first-order valence-electron chi connectivity index (χ1n) is 9.73. The van der Waals surface area contributed by atoms with Crippen LogP contribution in [0.25, 0.3) is 16.7 Å². The van der Waals surface area contributed by atoms with E-state index in [0.717, 1.165) is 59.8 Å². The van der Waals surface area contributed by atoms with Crippen molar-refractivity contribution in [2.24, 2.45) is 0 Å². The predicted molar refractivity (Wildman–Crippen MR) is 107 cm³/mol. The Balaban J connectivity index is 1.30. The highest BCUT2D eigenvalue weighted by atomic mass is 16.3. The van der Waals surface area contributed by atoms with Gasteiger partial charge in [0.05, 0.1) is 5.69 Å². The molecular formula is C22H22N4O2. The second-order valence-corrected chi connectivity index (χ2v) is 7.54. The smallest absolute Gasteiger partial charge is 0.258 e. The molecule has 142 valence electrons. The fraction of sp³-hybridized carbons (Fsp3) is 0.318. The van der Waals surface area contributed by atoms with Gasteiger partial charge in [0.15, 0.2) is 11.5 Å². The van der Waals surface area contributed by atoms with E-state index < -0.39 is 0 Å². The second-order valence-electron chi connectivity index (χ2n) is 7.54. The molecule has 1 aliphatic rings. The Labute approximate surface area is 162 Å². The molecule has 0 spiro atoms. The average Bonchev–Trinajstić information content (AvgIpc) is 3.14.